The summed E-state index contributed by atoms with van der Waals surface area (Å²) < 4.78 is 2.07. The predicted molar refractivity (Wildman–Crippen MR) is 135 cm³/mol. The third-order valence-electron chi connectivity index (χ3n) is 7.04. The first kappa shape index (κ1) is 24.8. The van der Waals surface area contributed by atoms with Gasteiger partial charge in [-0.15, -0.1) is 10.2 Å². The van der Waals surface area contributed by atoms with Crippen molar-refractivity contribution >= 4 is 23.6 Å². The monoisotopic (exact) mass is 483 g/mol. The molecule has 1 unspecified atom stereocenters. The molecule has 2 heterocycles. The minimum absolute atomic E-state index is 0.107. The van der Waals surface area contributed by atoms with Crippen molar-refractivity contribution in [2.45, 2.75) is 76.4 Å². The molecule has 4 rings (SSSR count). The number of rotatable bonds is 8. The van der Waals surface area contributed by atoms with Crippen molar-refractivity contribution in [2.24, 2.45) is 5.92 Å². The molecule has 1 saturated heterocycles. The van der Waals surface area contributed by atoms with Gasteiger partial charge in [0.25, 0.3) is 0 Å². The predicted octanol–water partition coefficient (Wildman–Crippen LogP) is 4.48. The van der Waals surface area contributed by atoms with Crippen LogP contribution in [0.3, 0.4) is 0 Å². The van der Waals surface area contributed by atoms with Crippen LogP contribution >= 0.6 is 11.8 Å². The summed E-state index contributed by atoms with van der Waals surface area (Å²) in [4.78, 5) is 29.7. The first-order valence-corrected chi connectivity index (χ1v) is 13.7. The van der Waals surface area contributed by atoms with Gasteiger partial charge in [-0.25, -0.2) is 0 Å². The first-order valence-electron chi connectivity index (χ1n) is 12.7. The van der Waals surface area contributed by atoms with Crippen molar-refractivity contribution in [2.75, 3.05) is 25.4 Å². The third kappa shape index (κ3) is 6.01. The van der Waals surface area contributed by atoms with Gasteiger partial charge in [-0.3, -0.25) is 14.2 Å². The van der Waals surface area contributed by atoms with E-state index in [1.165, 1.54) is 19.3 Å². The SMILES string of the molecule is Cc1nnc(SCCCCC(=O)N2CCN(C(=O)C3CCCCC3)C(C)C2)n1-c1ccccc1. The zero-order chi connectivity index (χ0) is 23.9. The van der Waals surface area contributed by atoms with Crippen molar-refractivity contribution in [1.29, 1.82) is 0 Å². The molecule has 0 spiro atoms. The Balaban J connectivity index is 1.18. The summed E-state index contributed by atoms with van der Waals surface area (Å²) in [5.74, 6) is 2.50. The molecule has 1 aliphatic heterocycles. The summed E-state index contributed by atoms with van der Waals surface area (Å²) in [7, 11) is 0. The number of hydrogen-bond donors (Lipinski definition) is 0. The van der Waals surface area contributed by atoms with Gasteiger partial charge < -0.3 is 9.80 Å². The summed E-state index contributed by atoms with van der Waals surface area (Å²) in [6.45, 7) is 6.04. The third-order valence-corrected chi connectivity index (χ3v) is 8.06. The number of hydrogen-bond acceptors (Lipinski definition) is 5. The number of thioether (sulfide) groups is 1. The molecule has 1 aromatic heterocycles. The average Bonchev–Trinajstić information content (AvgIpc) is 3.24. The molecule has 34 heavy (non-hydrogen) atoms. The van der Waals surface area contributed by atoms with Crippen LogP contribution in [0, 0.1) is 12.8 Å². The number of carbonyl (C=O) groups is 2. The molecule has 2 fully saturated rings. The molecule has 0 bridgehead atoms. The lowest BCUT2D eigenvalue weighted by Crippen LogP contribution is -2.56. The van der Waals surface area contributed by atoms with Gasteiger partial charge in [0, 0.05) is 49.5 Å². The highest BCUT2D eigenvalue weighted by Gasteiger charge is 2.33. The molecule has 1 saturated carbocycles. The summed E-state index contributed by atoms with van der Waals surface area (Å²) in [5, 5.41) is 9.46. The van der Waals surface area contributed by atoms with Gasteiger partial charge in [-0.2, -0.15) is 0 Å². The Morgan fingerprint density at radius 2 is 1.79 bits per heavy atom. The molecule has 1 aromatic carbocycles. The normalized spacial score (nSPS) is 19.4. The summed E-state index contributed by atoms with van der Waals surface area (Å²) in [6.07, 6.45) is 8.04. The van der Waals surface area contributed by atoms with E-state index in [0.717, 1.165) is 48.1 Å². The highest BCUT2D eigenvalue weighted by molar-refractivity contribution is 7.99. The largest absolute Gasteiger partial charge is 0.339 e. The minimum Gasteiger partial charge on any atom is -0.339 e. The zero-order valence-electron chi connectivity index (χ0n) is 20.5. The molecular weight excluding hydrogens is 446 g/mol. The van der Waals surface area contributed by atoms with E-state index in [-0.39, 0.29) is 17.9 Å². The van der Waals surface area contributed by atoms with Crippen LogP contribution in [0.15, 0.2) is 35.5 Å². The number of piperazine rings is 1. The summed E-state index contributed by atoms with van der Waals surface area (Å²) >= 11 is 1.69. The van der Waals surface area contributed by atoms with E-state index in [1.807, 2.05) is 34.9 Å². The van der Waals surface area contributed by atoms with E-state index in [0.29, 0.717) is 32.0 Å². The van der Waals surface area contributed by atoms with E-state index < -0.39 is 0 Å². The van der Waals surface area contributed by atoms with Gasteiger partial charge in [0.2, 0.25) is 11.8 Å². The molecule has 0 radical (unpaired) electrons. The maximum atomic E-state index is 12.9. The number of nitrogens with zero attached hydrogens (tertiary/aromatic N) is 5. The quantitative estimate of drug-likeness (QED) is 0.409. The fraction of sp³-hybridized carbons (Fsp3) is 0.615. The Kier molecular flexibility index (Phi) is 8.64. The Morgan fingerprint density at radius 1 is 1.03 bits per heavy atom. The zero-order valence-corrected chi connectivity index (χ0v) is 21.3. The molecule has 184 valence electrons. The van der Waals surface area contributed by atoms with Crippen LogP contribution in [-0.2, 0) is 9.59 Å². The van der Waals surface area contributed by atoms with Crippen molar-refractivity contribution in [1.82, 2.24) is 24.6 Å². The van der Waals surface area contributed by atoms with Crippen LogP contribution in [0.1, 0.15) is 64.1 Å². The van der Waals surface area contributed by atoms with Gasteiger partial charge in [0.15, 0.2) is 5.16 Å². The molecule has 2 amide bonds. The van der Waals surface area contributed by atoms with Crippen LogP contribution in [0.2, 0.25) is 0 Å². The number of aryl methyl sites for hydroxylation is 1. The fourth-order valence-corrected chi connectivity index (χ4v) is 6.10. The van der Waals surface area contributed by atoms with Crippen molar-refractivity contribution in [3.05, 3.63) is 36.2 Å². The number of amides is 2. The highest BCUT2D eigenvalue weighted by Crippen LogP contribution is 2.27. The molecule has 0 N–H and O–H groups in total. The smallest absolute Gasteiger partial charge is 0.226 e. The number of aromatic nitrogens is 3. The number of benzene rings is 1. The Bertz CT molecular complexity index is 957. The summed E-state index contributed by atoms with van der Waals surface area (Å²) in [6, 6.07) is 10.3. The minimum atomic E-state index is 0.107. The lowest BCUT2D eigenvalue weighted by molar-refractivity contribution is -0.146. The van der Waals surface area contributed by atoms with E-state index in [1.54, 1.807) is 11.8 Å². The lowest BCUT2D eigenvalue weighted by Gasteiger charge is -2.41. The molecule has 8 heteroatoms. The highest BCUT2D eigenvalue weighted by atomic mass is 32.2. The van der Waals surface area contributed by atoms with E-state index >= 15 is 0 Å². The van der Waals surface area contributed by atoms with Crippen LogP contribution < -0.4 is 0 Å². The van der Waals surface area contributed by atoms with Gasteiger partial charge >= 0.3 is 0 Å². The van der Waals surface area contributed by atoms with Gasteiger partial charge in [0.05, 0.1) is 0 Å². The number of para-hydroxylation sites is 1. The maximum absolute atomic E-state index is 12.9. The molecule has 2 aromatic rings. The van der Waals surface area contributed by atoms with E-state index in [2.05, 4.69) is 33.8 Å². The first-order chi connectivity index (χ1) is 16.5. The second-order valence-electron chi connectivity index (χ2n) is 9.56. The van der Waals surface area contributed by atoms with Gasteiger partial charge in [-0.1, -0.05) is 49.2 Å². The summed E-state index contributed by atoms with van der Waals surface area (Å²) in [5.41, 5.74) is 1.07. The van der Waals surface area contributed by atoms with Gasteiger partial charge in [-0.05, 0) is 51.7 Å². The Morgan fingerprint density at radius 3 is 2.53 bits per heavy atom. The van der Waals surface area contributed by atoms with Crippen LogP contribution in [0.5, 0.6) is 0 Å². The Labute approximate surface area is 207 Å². The Hall–Kier alpha value is -2.35. The van der Waals surface area contributed by atoms with Crippen LogP contribution in [-0.4, -0.2) is 67.8 Å². The maximum Gasteiger partial charge on any atom is 0.226 e. The van der Waals surface area contributed by atoms with Crippen molar-refractivity contribution < 1.29 is 9.59 Å². The van der Waals surface area contributed by atoms with E-state index in [9.17, 15) is 9.59 Å². The average molecular weight is 484 g/mol. The molecular formula is C26H37N5O2S. The molecule has 1 atom stereocenters. The number of carbonyl (C=O) groups excluding carboxylic acids is 2. The number of unbranched alkanes of at least 4 members (excludes halogenated alkanes) is 1. The van der Waals surface area contributed by atoms with Gasteiger partial charge in [0.1, 0.15) is 5.82 Å². The second kappa shape index (κ2) is 11.9. The van der Waals surface area contributed by atoms with Crippen LogP contribution in [0.4, 0.5) is 0 Å². The molecule has 1 aliphatic carbocycles. The van der Waals surface area contributed by atoms with Crippen LogP contribution in [0.25, 0.3) is 5.69 Å². The fourth-order valence-electron chi connectivity index (χ4n) is 5.11. The second-order valence-corrected chi connectivity index (χ2v) is 10.6. The van der Waals surface area contributed by atoms with E-state index in [4.69, 9.17) is 0 Å². The molecule has 2 aliphatic rings. The van der Waals surface area contributed by atoms with Crippen molar-refractivity contribution in [3.63, 3.8) is 0 Å². The lowest BCUT2D eigenvalue weighted by atomic mass is 9.88. The standard InChI is InChI=1S/C26H37N5O2S/c1-20-19-29(16-17-30(20)25(33)22-11-5-3-6-12-22)24(32)15-9-10-18-34-26-28-27-21(2)31(26)23-13-7-4-8-14-23/h4,7-8,13-14,20,22H,3,5-6,9-12,15-19H2,1-2H3. The van der Waals surface area contributed by atoms with Crippen molar-refractivity contribution in [3.8, 4) is 5.69 Å². The topological polar surface area (TPSA) is 71.3 Å². The molecule has 7 nitrogen and oxygen atoms in total.